The maximum atomic E-state index is 12.9. The molecule has 0 spiro atoms. The van der Waals surface area contributed by atoms with Gasteiger partial charge in [0.05, 0.1) is 4.47 Å². The van der Waals surface area contributed by atoms with Gasteiger partial charge in [0.1, 0.15) is 11.6 Å². The number of Topliss-reactive ketones (excluding diaryl/α,β-unsaturated/α-hetero) is 1. The molecule has 0 saturated carbocycles. The highest BCUT2D eigenvalue weighted by molar-refractivity contribution is 9.10. The van der Waals surface area contributed by atoms with Crippen LogP contribution in [0.4, 0.5) is 4.39 Å². The molecule has 2 aromatic rings. The second-order valence-electron chi connectivity index (χ2n) is 3.80. The molecule has 0 aliphatic rings. The molecule has 0 N–H and O–H groups in total. The van der Waals surface area contributed by atoms with Crippen LogP contribution in [0, 0.1) is 5.82 Å². The standard InChI is InChI=1S/C14H9Br2FO2/c15-10-3-1-2-9(6-10)13(18)8-19-14-5-4-11(17)7-12(14)16/h1-7H,8H2. The van der Waals surface area contributed by atoms with Crippen molar-refractivity contribution in [3.8, 4) is 5.75 Å². The molecule has 0 heterocycles. The Kier molecular flexibility index (Phi) is 4.71. The molecule has 0 bridgehead atoms. The van der Waals surface area contributed by atoms with E-state index in [2.05, 4.69) is 31.9 Å². The summed E-state index contributed by atoms with van der Waals surface area (Å²) in [4.78, 5) is 11.9. The lowest BCUT2D eigenvalue weighted by Gasteiger charge is -2.07. The highest BCUT2D eigenvalue weighted by Gasteiger charge is 2.09. The Hall–Kier alpha value is -1.20. The highest BCUT2D eigenvalue weighted by atomic mass is 79.9. The largest absolute Gasteiger partial charge is 0.484 e. The van der Waals surface area contributed by atoms with Gasteiger partial charge in [-0.25, -0.2) is 4.39 Å². The van der Waals surface area contributed by atoms with E-state index >= 15 is 0 Å². The van der Waals surface area contributed by atoms with Gasteiger partial charge >= 0.3 is 0 Å². The fraction of sp³-hybridized carbons (Fsp3) is 0.0714. The molecule has 2 nitrogen and oxygen atoms in total. The van der Waals surface area contributed by atoms with Crippen LogP contribution in [0.2, 0.25) is 0 Å². The fourth-order valence-corrected chi connectivity index (χ4v) is 2.35. The summed E-state index contributed by atoms with van der Waals surface area (Å²) in [5, 5.41) is 0. The van der Waals surface area contributed by atoms with Crippen LogP contribution in [0.15, 0.2) is 51.4 Å². The monoisotopic (exact) mass is 386 g/mol. The summed E-state index contributed by atoms with van der Waals surface area (Å²) in [7, 11) is 0. The van der Waals surface area contributed by atoms with E-state index in [0.717, 1.165) is 4.47 Å². The zero-order valence-electron chi connectivity index (χ0n) is 9.70. The second kappa shape index (κ2) is 6.30. The molecular weight excluding hydrogens is 379 g/mol. The minimum atomic E-state index is -0.363. The topological polar surface area (TPSA) is 26.3 Å². The molecule has 0 atom stereocenters. The summed E-state index contributed by atoms with van der Waals surface area (Å²) in [6, 6.07) is 11.1. The number of carbonyl (C=O) groups is 1. The van der Waals surface area contributed by atoms with Crippen LogP contribution in [-0.4, -0.2) is 12.4 Å². The van der Waals surface area contributed by atoms with Gasteiger partial charge in [-0.3, -0.25) is 4.79 Å². The second-order valence-corrected chi connectivity index (χ2v) is 5.57. The van der Waals surface area contributed by atoms with Crippen molar-refractivity contribution in [2.75, 3.05) is 6.61 Å². The van der Waals surface area contributed by atoms with E-state index in [-0.39, 0.29) is 18.2 Å². The van der Waals surface area contributed by atoms with E-state index < -0.39 is 0 Å². The van der Waals surface area contributed by atoms with Crippen LogP contribution < -0.4 is 4.74 Å². The lowest BCUT2D eigenvalue weighted by molar-refractivity contribution is 0.0921. The average molecular weight is 388 g/mol. The van der Waals surface area contributed by atoms with Crippen LogP contribution in [0.25, 0.3) is 0 Å². The first-order chi connectivity index (χ1) is 9.06. The molecule has 0 amide bonds. The number of rotatable bonds is 4. The smallest absolute Gasteiger partial charge is 0.200 e. The molecule has 0 aromatic heterocycles. The van der Waals surface area contributed by atoms with Crippen molar-refractivity contribution in [2.45, 2.75) is 0 Å². The molecule has 0 aliphatic heterocycles. The Bertz CT molecular complexity index is 614. The minimum absolute atomic E-state index is 0.0965. The van der Waals surface area contributed by atoms with Crippen molar-refractivity contribution in [2.24, 2.45) is 0 Å². The van der Waals surface area contributed by atoms with Crippen molar-refractivity contribution in [3.05, 3.63) is 62.8 Å². The summed E-state index contributed by atoms with van der Waals surface area (Å²) in [6.07, 6.45) is 0. The number of ketones is 1. The first-order valence-electron chi connectivity index (χ1n) is 5.43. The Morgan fingerprint density at radius 2 is 1.95 bits per heavy atom. The number of benzene rings is 2. The predicted octanol–water partition coefficient (Wildman–Crippen LogP) is 4.61. The molecule has 0 unspecified atom stereocenters. The quantitative estimate of drug-likeness (QED) is 0.716. The van der Waals surface area contributed by atoms with Gasteiger partial charge < -0.3 is 4.74 Å². The van der Waals surface area contributed by atoms with Gasteiger partial charge in [-0.1, -0.05) is 28.1 Å². The van der Waals surface area contributed by atoms with Crippen molar-refractivity contribution in [3.63, 3.8) is 0 Å². The van der Waals surface area contributed by atoms with Crippen molar-refractivity contribution >= 4 is 37.6 Å². The zero-order valence-corrected chi connectivity index (χ0v) is 12.9. The van der Waals surface area contributed by atoms with Gasteiger partial charge in [0, 0.05) is 10.0 Å². The van der Waals surface area contributed by atoms with Gasteiger partial charge in [-0.15, -0.1) is 0 Å². The molecule has 5 heteroatoms. The molecule has 19 heavy (non-hydrogen) atoms. The van der Waals surface area contributed by atoms with Crippen LogP contribution >= 0.6 is 31.9 Å². The van der Waals surface area contributed by atoms with Crippen LogP contribution in [0.5, 0.6) is 5.75 Å². The summed E-state index contributed by atoms with van der Waals surface area (Å²) in [5.41, 5.74) is 0.563. The number of halogens is 3. The van der Waals surface area contributed by atoms with Gasteiger partial charge in [0.25, 0.3) is 0 Å². The Morgan fingerprint density at radius 1 is 1.16 bits per heavy atom. The van der Waals surface area contributed by atoms with Gasteiger partial charge in [0.2, 0.25) is 0 Å². The van der Waals surface area contributed by atoms with Crippen LogP contribution in [-0.2, 0) is 0 Å². The summed E-state index contributed by atoms with van der Waals surface area (Å²) >= 11 is 6.49. The van der Waals surface area contributed by atoms with E-state index in [1.807, 2.05) is 6.07 Å². The predicted molar refractivity (Wildman–Crippen MR) is 78.1 cm³/mol. The van der Waals surface area contributed by atoms with Crippen molar-refractivity contribution < 1.29 is 13.9 Å². The fourth-order valence-electron chi connectivity index (χ4n) is 1.48. The zero-order chi connectivity index (χ0) is 13.8. The molecule has 2 aromatic carbocycles. The molecule has 98 valence electrons. The highest BCUT2D eigenvalue weighted by Crippen LogP contribution is 2.25. The van der Waals surface area contributed by atoms with Crippen molar-refractivity contribution in [1.29, 1.82) is 0 Å². The van der Waals surface area contributed by atoms with Crippen molar-refractivity contribution in [1.82, 2.24) is 0 Å². The lowest BCUT2D eigenvalue weighted by Crippen LogP contribution is -2.11. The molecule has 0 aliphatic carbocycles. The van der Waals surface area contributed by atoms with Gasteiger partial charge in [-0.05, 0) is 46.3 Å². The minimum Gasteiger partial charge on any atom is -0.484 e. The third-order valence-corrected chi connectivity index (χ3v) is 3.51. The van der Waals surface area contributed by atoms with Gasteiger partial charge in [-0.2, -0.15) is 0 Å². The van der Waals surface area contributed by atoms with E-state index in [0.29, 0.717) is 15.8 Å². The Morgan fingerprint density at radius 3 is 2.63 bits per heavy atom. The maximum Gasteiger partial charge on any atom is 0.200 e. The molecule has 2 rings (SSSR count). The van der Waals surface area contributed by atoms with E-state index in [1.165, 1.54) is 18.2 Å². The molecule has 0 radical (unpaired) electrons. The first-order valence-corrected chi connectivity index (χ1v) is 7.01. The van der Waals surface area contributed by atoms with E-state index in [1.54, 1.807) is 18.2 Å². The summed E-state index contributed by atoms with van der Waals surface area (Å²) in [5.74, 6) is -0.0696. The third-order valence-electron chi connectivity index (χ3n) is 2.40. The summed E-state index contributed by atoms with van der Waals surface area (Å²) < 4.78 is 19.6. The molecular formula is C14H9Br2FO2. The third kappa shape index (κ3) is 3.88. The first kappa shape index (κ1) is 14.2. The number of carbonyl (C=O) groups excluding carboxylic acids is 1. The number of hydrogen-bond acceptors (Lipinski definition) is 2. The number of hydrogen-bond donors (Lipinski definition) is 0. The lowest BCUT2D eigenvalue weighted by atomic mass is 10.1. The molecule has 0 saturated heterocycles. The van der Waals surface area contributed by atoms with E-state index in [9.17, 15) is 9.18 Å². The Labute approximate surface area is 126 Å². The molecule has 0 fully saturated rings. The van der Waals surface area contributed by atoms with Gasteiger partial charge in [0.15, 0.2) is 12.4 Å². The van der Waals surface area contributed by atoms with Crippen LogP contribution in [0.1, 0.15) is 10.4 Å². The Balaban J connectivity index is 2.04. The maximum absolute atomic E-state index is 12.9. The SMILES string of the molecule is O=C(COc1ccc(F)cc1Br)c1cccc(Br)c1. The average Bonchev–Trinajstić information content (AvgIpc) is 2.37. The summed E-state index contributed by atoms with van der Waals surface area (Å²) in [6.45, 7) is -0.0965. The number of ether oxygens (including phenoxy) is 1. The van der Waals surface area contributed by atoms with Crippen LogP contribution in [0.3, 0.4) is 0 Å². The normalized spacial score (nSPS) is 10.3. The van der Waals surface area contributed by atoms with E-state index in [4.69, 9.17) is 4.74 Å².